The van der Waals surface area contributed by atoms with Crippen LogP contribution >= 0.6 is 11.3 Å². The quantitative estimate of drug-likeness (QED) is 0.870. The Hall–Kier alpha value is -1.26. The zero-order valence-corrected chi connectivity index (χ0v) is 13.1. The summed E-state index contributed by atoms with van der Waals surface area (Å²) in [5, 5.41) is 9.64. The molecule has 1 aromatic heterocycles. The van der Waals surface area contributed by atoms with Crippen LogP contribution in [0.5, 0.6) is 0 Å². The summed E-state index contributed by atoms with van der Waals surface area (Å²) in [5.41, 5.74) is 5.94. The van der Waals surface area contributed by atoms with E-state index in [4.69, 9.17) is 11.0 Å². The molecule has 1 rings (SSSR count). The average molecular weight is 301 g/mol. The van der Waals surface area contributed by atoms with Crippen molar-refractivity contribution >= 4 is 31.9 Å². The lowest BCUT2D eigenvalue weighted by Crippen LogP contribution is -2.24. The van der Waals surface area contributed by atoms with Gasteiger partial charge < -0.3 is 10.6 Å². The second-order valence-electron chi connectivity index (χ2n) is 4.07. The standard InChI is InChI=1S/C12H19N3O2S2/c1-4-7-15(5-2)12-11(19(16,17)6-3)10(14)9(8-13)18-12/h4-7,14H2,1-3H3. The fraction of sp³-hybridized carbons (Fsp3) is 0.583. The third-order valence-electron chi connectivity index (χ3n) is 2.84. The second-order valence-corrected chi connectivity index (χ2v) is 7.29. The van der Waals surface area contributed by atoms with E-state index in [1.165, 1.54) is 0 Å². The molecule has 0 aromatic carbocycles. The zero-order valence-electron chi connectivity index (χ0n) is 11.4. The van der Waals surface area contributed by atoms with E-state index in [1.54, 1.807) is 6.92 Å². The first-order valence-corrected chi connectivity index (χ1v) is 8.69. The third kappa shape index (κ3) is 3.01. The Bertz CT molecular complexity index is 585. The molecule has 0 saturated carbocycles. The zero-order chi connectivity index (χ0) is 14.6. The van der Waals surface area contributed by atoms with E-state index >= 15 is 0 Å². The summed E-state index contributed by atoms with van der Waals surface area (Å²) in [5.74, 6) is -0.0184. The monoisotopic (exact) mass is 301 g/mol. The van der Waals surface area contributed by atoms with Gasteiger partial charge >= 0.3 is 0 Å². The molecule has 0 saturated heterocycles. The number of thiophene rings is 1. The number of nitrogens with two attached hydrogens (primary N) is 1. The number of nitriles is 1. The van der Waals surface area contributed by atoms with E-state index in [2.05, 4.69) is 0 Å². The number of rotatable bonds is 6. The van der Waals surface area contributed by atoms with Gasteiger partial charge in [-0.2, -0.15) is 5.26 Å². The molecule has 0 spiro atoms. The first-order valence-electron chi connectivity index (χ1n) is 6.22. The molecule has 0 aliphatic rings. The molecular weight excluding hydrogens is 282 g/mol. The van der Waals surface area contributed by atoms with Crippen molar-refractivity contribution in [1.29, 1.82) is 5.26 Å². The van der Waals surface area contributed by atoms with E-state index < -0.39 is 9.84 Å². The predicted octanol–water partition coefficient (Wildman–Crippen LogP) is 2.23. The maximum Gasteiger partial charge on any atom is 0.183 e. The summed E-state index contributed by atoms with van der Waals surface area (Å²) >= 11 is 1.16. The van der Waals surface area contributed by atoms with E-state index in [0.717, 1.165) is 24.3 Å². The Labute approximate surface area is 118 Å². The number of hydrogen-bond acceptors (Lipinski definition) is 6. The number of nitrogens with zero attached hydrogens (tertiary/aromatic N) is 2. The minimum absolute atomic E-state index is 0.0184. The van der Waals surface area contributed by atoms with Gasteiger partial charge in [-0.05, 0) is 13.3 Å². The summed E-state index contributed by atoms with van der Waals surface area (Å²) in [6.45, 7) is 7.00. The Kier molecular flexibility index (Phi) is 5.20. The van der Waals surface area contributed by atoms with Gasteiger partial charge in [0.25, 0.3) is 0 Å². The maximum absolute atomic E-state index is 12.2. The van der Waals surface area contributed by atoms with Crippen molar-refractivity contribution in [2.75, 3.05) is 29.5 Å². The topological polar surface area (TPSA) is 87.2 Å². The molecule has 1 heterocycles. The first kappa shape index (κ1) is 15.8. The molecule has 0 amide bonds. The SMILES string of the molecule is CCCN(CC)c1sc(C#N)c(N)c1S(=O)(=O)CC. The van der Waals surface area contributed by atoms with Crippen LogP contribution in [0.3, 0.4) is 0 Å². The van der Waals surface area contributed by atoms with Gasteiger partial charge in [-0.15, -0.1) is 11.3 Å². The Morgan fingerprint density at radius 3 is 2.42 bits per heavy atom. The summed E-state index contributed by atoms with van der Waals surface area (Å²) in [4.78, 5) is 2.37. The number of nitrogen functional groups attached to an aromatic ring is 1. The molecule has 2 N–H and O–H groups in total. The van der Waals surface area contributed by atoms with Crippen LogP contribution in [-0.2, 0) is 9.84 Å². The van der Waals surface area contributed by atoms with Crippen LogP contribution in [0.15, 0.2) is 4.90 Å². The molecule has 1 aromatic rings. The number of sulfone groups is 1. The molecule has 7 heteroatoms. The maximum atomic E-state index is 12.2. The number of hydrogen-bond donors (Lipinski definition) is 1. The van der Waals surface area contributed by atoms with Crippen molar-refractivity contribution in [3.05, 3.63) is 4.88 Å². The minimum atomic E-state index is -3.43. The van der Waals surface area contributed by atoms with Gasteiger partial charge in [0.1, 0.15) is 20.8 Å². The summed E-state index contributed by atoms with van der Waals surface area (Å²) in [7, 11) is -3.43. The average Bonchev–Trinajstić information content (AvgIpc) is 2.73. The molecule has 106 valence electrons. The van der Waals surface area contributed by atoms with Crippen LogP contribution in [0, 0.1) is 11.3 Å². The molecule has 0 atom stereocenters. The van der Waals surface area contributed by atoms with Gasteiger partial charge in [-0.25, -0.2) is 8.42 Å². The van der Waals surface area contributed by atoms with Crippen molar-refractivity contribution < 1.29 is 8.42 Å². The summed E-state index contributed by atoms with van der Waals surface area (Å²) in [6, 6.07) is 1.98. The lowest BCUT2D eigenvalue weighted by Gasteiger charge is -2.22. The lowest BCUT2D eigenvalue weighted by molar-refractivity contribution is 0.597. The minimum Gasteiger partial charge on any atom is -0.396 e. The van der Waals surface area contributed by atoms with Crippen LogP contribution in [0.1, 0.15) is 32.1 Å². The molecule has 0 unspecified atom stereocenters. The van der Waals surface area contributed by atoms with E-state index in [9.17, 15) is 8.42 Å². The highest BCUT2D eigenvalue weighted by molar-refractivity contribution is 7.91. The van der Waals surface area contributed by atoms with Crippen LogP contribution in [0.2, 0.25) is 0 Å². The van der Waals surface area contributed by atoms with Crippen LogP contribution < -0.4 is 10.6 Å². The van der Waals surface area contributed by atoms with Crippen LogP contribution in [0.4, 0.5) is 10.7 Å². The Morgan fingerprint density at radius 1 is 1.37 bits per heavy atom. The fourth-order valence-electron chi connectivity index (χ4n) is 1.83. The molecular formula is C12H19N3O2S2. The molecule has 19 heavy (non-hydrogen) atoms. The van der Waals surface area contributed by atoms with Gasteiger partial charge in [0, 0.05) is 13.1 Å². The molecule has 0 fully saturated rings. The lowest BCUT2D eigenvalue weighted by atomic mass is 10.3. The van der Waals surface area contributed by atoms with Gasteiger partial charge in [-0.3, -0.25) is 0 Å². The van der Waals surface area contributed by atoms with Crippen molar-refractivity contribution in [2.24, 2.45) is 0 Å². The molecule has 0 radical (unpaired) electrons. The summed E-state index contributed by atoms with van der Waals surface area (Å²) < 4.78 is 24.4. The smallest absolute Gasteiger partial charge is 0.183 e. The van der Waals surface area contributed by atoms with Gasteiger partial charge in [0.2, 0.25) is 0 Å². The molecule has 5 nitrogen and oxygen atoms in total. The summed E-state index contributed by atoms with van der Waals surface area (Å²) in [6.07, 6.45) is 0.902. The third-order valence-corrected chi connectivity index (χ3v) is 5.93. The van der Waals surface area contributed by atoms with Gasteiger partial charge in [-0.1, -0.05) is 13.8 Å². The largest absolute Gasteiger partial charge is 0.396 e. The Balaban J connectivity index is 3.52. The van der Waals surface area contributed by atoms with Crippen molar-refractivity contribution in [2.45, 2.75) is 32.1 Å². The van der Waals surface area contributed by atoms with E-state index in [-0.39, 0.29) is 21.2 Å². The number of anilines is 2. The highest BCUT2D eigenvalue weighted by Crippen LogP contribution is 2.41. The van der Waals surface area contributed by atoms with Gasteiger partial charge in [0.15, 0.2) is 9.84 Å². The Morgan fingerprint density at radius 2 is 2.00 bits per heavy atom. The van der Waals surface area contributed by atoms with Crippen LogP contribution in [-0.4, -0.2) is 27.3 Å². The van der Waals surface area contributed by atoms with Crippen LogP contribution in [0.25, 0.3) is 0 Å². The van der Waals surface area contributed by atoms with Crippen molar-refractivity contribution in [3.8, 4) is 6.07 Å². The molecule has 0 bridgehead atoms. The molecule has 0 aliphatic heterocycles. The van der Waals surface area contributed by atoms with E-state index in [1.807, 2.05) is 24.8 Å². The fourth-order valence-corrected chi connectivity index (χ4v) is 4.52. The van der Waals surface area contributed by atoms with E-state index in [0.29, 0.717) is 11.5 Å². The second kappa shape index (κ2) is 6.26. The highest BCUT2D eigenvalue weighted by Gasteiger charge is 2.28. The normalized spacial score (nSPS) is 11.3. The van der Waals surface area contributed by atoms with Gasteiger partial charge in [0.05, 0.1) is 11.4 Å². The van der Waals surface area contributed by atoms with Crippen molar-refractivity contribution in [1.82, 2.24) is 0 Å². The van der Waals surface area contributed by atoms with Crippen molar-refractivity contribution in [3.63, 3.8) is 0 Å². The first-order chi connectivity index (χ1) is 8.92. The predicted molar refractivity (Wildman–Crippen MR) is 79.4 cm³/mol. The highest BCUT2D eigenvalue weighted by atomic mass is 32.2. The molecule has 0 aliphatic carbocycles.